The molecule has 0 aliphatic carbocycles. The summed E-state index contributed by atoms with van der Waals surface area (Å²) in [6, 6.07) is 16.2. The number of carbonyl (C=O) groups excluding carboxylic acids is 1. The molecule has 0 bridgehead atoms. The minimum Gasteiger partial charge on any atom is -0.349 e. The molecule has 0 saturated heterocycles. The Balaban J connectivity index is 1.52. The normalized spacial score (nSPS) is 12.4. The first-order chi connectivity index (χ1) is 14.4. The van der Waals surface area contributed by atoms with Gasteiger partial charge in [0.1, 0.15) is 11.5 Å². The predicted octanol–water partition coefficient (Wildman–Crippen LogP) is 4.47. The minimum atomic E-state index is -0.302. The molecule has 2 aromatic carbocycles. The second-order valence-corrected chi connectivity index (χ2v) is 8.33. The van der Waals surface area contributed by atoms with Gasteiger partial charge in [-0.05, 0) is 66.8 Å². The standard InChI is InChI=1S/C23H23FN4OS/c1-27(2)21(18-14-30-22-7-5-4-6-17(18)22)13-25-23(29)20-12-19(26-28(20)3)15-8-10-16(24)11-9-15/h4-12,14,21H,13H2,1-3H3,(H,25,29). The number of thiophene rings is 1. The number of hydrogen-bond acceptors (Lipinski definition) is 4. The fourth-order valence-electron chi connectivity index (χ4n) is 3.55. The van der Waals surface area contributed by atoms with Crippen LogP contribution in [0.4, 0.5) is 4.39 Å². The molecule has 0 saturated carbocycles. The Hall–Kier alpha value is -3.03. The molecule has 4 rings (SSSR count). The third-order valence-corrected chi connectivity index (χ3v) is 6.18. The number of carbonyl (C=O) groups is 1. The monoisotopic (exact) mass is 422 g/mol. The van der Waals surface area contributed by atoms with Crippen LogP contribution in [0, 0.1) is 5.82 Å². The number of amides is 1. The van der Waals surface area contributed by atoms with E-state index in [0.29, 0.717) is 17.9 Å². The number of benzene rings is 2. The fourth-order valence-corrected chi connectivity index (χ4v) is 4.56. The van der Waals surface area contributed by atoms with Gasteiger partial charge >= 0.3 is 0 Å². The first-order valence-electron chi connectivity index (χ1n) is 9.65. The molecule has 1 N–H and O–H groups in total. The van der Waals surface area contributed by atoms with E-state index in [1.807, 2.05) is 26.2 Å². The zero-order valence-electron chi connectivity index (χ0n) is 17.1. The van der Waals surface area contributed by atoms with E-state index in [0.717, 1.165) is 5.56 Å². The van der Waals surface area contributed by atoms with Gasteiger partial charge in [0.05, 0.1) is 11.7 Å². The van der Waals surface area contributed by atoms with Crippen LogP contribution in [0.25, 0.3) is 21.3 Å². The zero-order valence-corrected chi connectivity index (χ0v) is 17.9. The molecule has 2 heterocycles. The summed E-state index contributed by atoms with van der Waals surface area (Å²) in [6.07, 6.45) is 0. The summed E-state index contributed by atoms with van der Waals surface area (Å²) in [4.78, 5) is 15.0. The molecule has 0 aliphatic heterocycles. The van der Waals surface area contributed by atoms with Crippen molar-refractivity contribution >= 4 is 27.3 Å². The molecule has 2 aromatic heterocycles. The van der Waals surface area contributed by atoms with E-state index < -0.39 is 0 Å². The summed E-state index contributed by atoms with van der Waals surface area (Å²) in [5.41, 5.74) is 3.07. The molecule has 0 fully saturated rings. The molecular weight excluding hydrogens is 399 g/mol. The molecule has 1 unspecified atom stereocenters. The lowest BCUT2D eigenvalue weighted by Crippen LogP contribution is -2.35. The fraction of sp³-hybridized carbons (Fsp3) is 0.217. The summed E-state index contributed by atoms with van der Waals surface area (Å²) in [5.74, 6) is -0.493. The zero-order chi connectivity index (χ0) is 21.3. The number of nitrogens with zero attached hydrogens (tertiary/aromatic N) is 3. The Labute approximate surface area is 178 Å². The molecule has 30 heavy (non-hydrogen) atoms. The molecule has 0 spiro atoms. The van der Waals surface area contributed by atoms with E-state index in [1.54, 1.807) is 41.3 Å². The Kier molecular flexibility index (Phi) is 5.65. The number of aromatic nitrogens is 2. The lowest BCUT2D eigenvalue weighted by atomic mass is 10.0. The largest absolute Gasteiger partial charge is 0.349 e. The van der Waals surface area contributed by atoms with Gasteiger partial charge in [-0.15, -0.1) is 11.3 Å². The van der Waals surface area contributed by atoms with E-state index in [9.17, 15) is 9.18 Å². The van der Waals surface area contributed by atoms with Gasteiger partial charge in [0.25, 0.3) is 5.91 Å². The smallest absolute Gasteiger partial charge is 0.269 e. The first kappa shape index (κ1) is 20.3. The maximum absolute atomic E-state index is 13.2. The van der Waals surface area contributed by atoms with Crippen LogP contribution in [0.3, 0.4) is 0 Å². The Morgan fingerprint density at radius 1 is 1.20 bits per heavy atom. The maximum atomic E-state index is 13.2. The van der Waals surface area contributed by atoms with Crippen LogP contribution in [0.15, 0.2) is 60.0 Å². The van der Waals surface area contributed by atoms with Crippen molar-refractivity contribution in [1.82, 2.24) is 20.0 Å². The van der Waals surface area contributed by atoms with Crippen molar-refractivity contribution < 1.29 is 9.18 Å². The molecule has 7 heteroatoms. The second-order valence-electron chi connectivity index (χ2n) is 7.42. The lowest BCUT2D eigenvalue weighted by molar-refractivity contribution is 0.0932. The van der Waals surface area contributed by atoms with E-state index in [4.69, 9.17) is 0 Å². The first-order valence-corrected chi connectivity index (χ1v) is 10.5. The molecule has 1 amide bonds. The van der Waals surface area contributed by atoms with Crippen LogP contribution in [0.5, 0.6) is 0 Å². The highest BCUT2D eigenvalue weighted by Crippen LogP contribution is 2.32. The van der Waals surface area contributed by atoms with Gasteiger partial charge < -0.3 is 10.2 Å². The third-order valence-electron chi connectivity index (χ3n) is 5.20. The average molecular weight is 423 g/mol. The van der Waals surface area contributed by atoms with Crippen LogP contribution >= 0.6 is 11.3 Å². The number of fused-ring (bicyclic) bond motifs is 1. The van der Waals surface area contributed by atoms with E-state index in [1.165, 1.54) is 27.8 Å². The highest BCUT2D eigenvalue weighted by Gasteiger charge is 2.21. The summed E-state index contributed by atoms with van der Waals surface area (Å²) >= 11 is 1.71. The van der Waals surface area contributed by atoms with Crippen LogP contribution in [-0.4, -0.2) is 41.2 Å². The van der Waals surface area contributed by atoms with Crippen LogP contribution in [0.1, 0.15) is 22.1 Å². The summed E-state index contributed by atoms with van der Waals surface area (Å²) < 4.78 is 16.0. The van der Waals surface area contributed by atoms with Gasteiger partial charge in [-0.25, -0.2) is 4.39 Å². The average Bonchev–Trinajstić information content (AvgIpc) is 3.32. The number of aryl methyl sites for hydroxylation is 1. The number of rotatable bonds is 6. The molecule has 0 aliphatic rings. The van der Waals surface area contributed by atoms with Gasteiger partial charge in [0.15, 0.2) is 0 Å². The van der Waals surface area contributed by atoms with E-state index in [2.05, 4.69) is 32.8 Å². The van der Waals surface area contributed by atoms with Gasteiger partial charge in [-0.1, -0.05) is 18.2 Å². The van der Waals surface area contributed by atoms with Crippen LogP contribution in [0.2, 0.25) is 0 Å². The predicted molar refractivity (Wildman–Crippen MR) is 119 cm³/mol. The van der Waals surface area contributed by atoms with E-state index >= 15 is 0 Å². The number of nitrogens with one attached hydrogen (secondary N) is 1. The minimum absolute atomic E-state index is 0.0508. The maximum Gasteiger partial charge on any atom is 0.269 e. The van der Waals surface area contributed by atoms with Gasteiger partial charge in [-0.2, -0.15) is 5.10 Å². The molecule has 4 aromatic rings. The van der Waals surface area contributed by atoms with Crippen molar-refractivity contribution in [2.45, 2.75) is 6.04 Å². The SMILES string of the molecule is CN(C)C(CNC(=O)c1cc(-c2ccc(F)cc2)nn1C)c1csc2ccccc12. The number of halogens is 1. The quantitative estimate of drug-likeness (QED) is 0.499. The van der Waals surface area contributed by atoms with E-state index in [-0.39, 0.29) is 17.8 Å². The Morgan fingerprint density at radius 2 is 1.93 bits per heavy atom. The van der Waals surface area contributed by atoms with Crippen molar-refractivity contribution in [2.24, 2.45) is 7.05 Å². The summed E-state index contributed by atoms with van der Waals surface area (Å²) in [5, 5.41) is 10.8. The Morgan fingerprint density at radius 3 is 2.67 bits per heavy atom. The van der Waals surface area contributed by atoms with Crippen molar-refractivity contribution in [3.05, 3.63) is 77.1 Å². The highest BCUT2D eigenvalue weighted by atomic mass is 32.1. The summed E-state index contributed by atoms with van der Waals surface area (Å²) in [6.45, 7) is 0.476. The molecular formula is C23H23FN4OS. The van der Waals surface area contributed by atoms with Crippen molar-refractivity contribution in [3.8, 4) is 11.3 Å². The van der Waals surface area contributed by atoms with Crippen molar-refractivity contribution in [1.29, 1.82) is 0 Å². The molecule has 1 atom stereocenters. The summed E-state index contributed by atoms with van der Waals surface area (Å²) in [7, 11) is 5.76. The van der Waals surface area contributed by atoms with Gasteiger partial charge in [-0.3, -0.25) is 9.48 Å². The second kappa shape index (κ2) is 8.38. The number of likely N-dealkylation sites (N-methyl/N-ethyl adjacent to an activating group) is 1. The molecule has 0 radical (unpaired) electrons. The number of hydrogen-bond donors (Lipinski definition) is 1. The Bertz CT molecular complexity index is 1180. The van der Waals surface area contributed by atoms with Crippen LogP contribution < -0.4 is 5.32 Å². The molecule has 5 nitrogen and oxygen atoms in total. The third kappa shape index (κ3) is 3.99. The molecule has 154 valence electrons. The topological polar surface area (TPSA) is 50.2 Å². The lowest BCUT2D eigenvalue weighted by Gasteiger charge is -2.24. The van der Waals surface area contributed by atoms with Crippen molar-refractivity contribution in [2.75, 3.05) is 20.6 Å². The highest BCUT2D eigenvalue weighted by molar-refractivity contribution is 7.17. The van der Waals surface area contributed by atoms with Gasteiger partial charge in [0, 0.05) is 23.9 Å². The van der Waals surface area contributed by atoms with Crippen molar-refractivity contribution in [3.63, 3.8) is 0 Å². The van der Waals surface area contributed by atoms with Gasteiger partial charge in [0.2, 0.25) is 0 Å². The van der Waals surface area contributed by atoms with Crippen LogP contribution in [-0.2, 0) is 7.05 Å².